The van der Waals surface area contributed by atoms with E-state index in [-0.39, 0.29) is 11.2 Å². The van der Waals surface area contributed by atoms with Crippen LogP contribution in [0, 0.1) is 0 Å². The first-order valence-electron chi connectivity index (χ1n) is 12.1. The normalized spacial score (nSPS) is 17.5. The van der Waals surface area contributed by atoms with Gasteiger partial charge in [0.25, 0.3) is 5.56 Å². The van der Waals surface area contributed by atoms with Gasteiger partial charge in [-0.25, -0.2) is 9.67 Å². The highest BCUT2D eigenvalue weighted by Crippen LogP contribution is 2.42. The lowest BCUT2D eigenvalue weighted by molar-refractivity contribution is -0.0395. The molecule has 8 heteroatoms. The molecule has 1 saturated heterocycles. The van der Waals surface area contributed by atoms with Crippen LogP contribution in [0.3, 0.4) is 0 Å². The largest absolute Gasteiger partial charge is 0.370 e. The van der Waals surface area contributed by atoms with Crippen LogP contribution in [-0.4, -0.2) is 38.7 Å². The molecule has 6 rings (SSSR count). The number of thiophene rings is 1. The number of rotatable bonds is 5. The van der Waals surface area contributed by atoms with Crippen LogP contribution in [0.4, 0.5) is 5.82 Å². The monoisotopic (exact) mass is 475 g/mol. The first-order valence-corrected chi connectivity index (χ1v) is 13.0. The van der Waals surface area contributed by atoms with Gasteiger partial charge >= 0.3 is 0 Å². The lowest BCUT2D eigenvalue weighted by atomic mass is 9.90. The van der Waals surface area contributed by atoms with E-state index in [1.54, 1.807) is 0 Å². The molecule has 176 valence electrons. The molecular weight excluding hydrogens is 446 g/mol. The minimum atomic E-state index is -0.266. The van der Waals surface area contributed by atoms with Gasteiger partial charge in [-0.3, -0.25) is 4.79 Å². The number of benzene rings is 1. The Bertz CT molecular complexity index is 1420. The summed E-state index contributed by atoms with van der Waals surface area (Å²) in [7, 11) is 0. The van der Waals surface area contributed by atoms with Crippen molar-refractivity contribution in [1.29, 1.82) is 0 Å². The number of ether oxygens (including phenoxy) is 1. The topological polar surface area (TPSA) is 73.1 Å². The number of nitrogens with zero attached hydrogens (tertiary/aromatic N) is 5. The van der Waals surface area contributed by atoms with Gasteiger partial charge in [0.2, 0.25) is 0 Å². The molecule has 0 spiro atoms. The van der Waals surface area contributed by atoms with Gasteiger partial charge in [-0.05, 0) is 50.7 Å². The molecular formula is C26H29N5O2S. The Balaban J connectivity index is 1.42. The van der Waals surface area contributed by atoms with Crippen LogP contribution < -0.4 is 10.5 Å². The second-order valence-corrected chi connectivity index (χ2v) is 11.0. The second kappa shape index (κ2) is 8.43. The molecule has 0 amide bonds. The van der Waals surface area contributed by atoms with Crippen LogP contribution in [0.5, 0.6) is 0 Å². The van der Waals surface area contributed by atoms with Crippen LogP contribution in [0.15, 0.2) is 35.1 Å². The number of pyridine rings is 1. The molecule has 0 bridgehead atoms. The predicted octanol–water partition coefficient (Wildman–Crippen LogP) is 4.49. The van der Waals surface area contributed by atoms with Crippen molar-refractivity contribution in [3.05, 3.63) is 57.4 Å². The number of aryl methyl sites for hydroxylation is 2. The van der Waals surface area contributed by atoms with Gasteiger partial charge in [-0.2, -0.15) is 0 Å². The lowest BCUT2D eigenvalue weighted by Crippen LogP contribution is -2.34. The van der Waals surface area contributed by atoms with Gasteiger partial charge in [-0.15, -0.1) is 16.4 Å². The van der Waals surface area contributed by atoms with Crippen molar-refractivity contribution in [3.8, 4) is 0 Å². The van der Waals surface area contributed by atoms with Gasteiger partial charge in [-0.1, -0.05) is 35.5 Å². The summed E-state index contributed by atoms with van der Waals surface area (Å²) in [5, 5.41) is 9.90. The third-order valence-corrected chi connectivity index (χ3v) is 8.04. The minimum Gasteiger partial charge on any atom is -0.370 e. The minimum absolute atomic E-state index is 0.0659. The number of fused-ring (bicyclic) bond motifs is 5. The predicted molar refractivity (Wildman–Crippen MR) is 136 cm³/mol. The van der Waals surface area contributed by atoms with E-state index in [1.807, 2.05) is 18.2 Å². The summed E-state index contributed by atoms with van der Waals surface area (Å²) < 4.78 is 8.36. The lowest BCUT2D eigenvalue weighted by Gasteiger charge is -2.34. The maximum atomic E-state index is 13.4. The SMILES string of the molecule is CC1(C)Cc2c(c(N3CCCC3)nc3sc4c(=O)n(CCCc5ccccc5)nnc4c23)CO1. The Morgan fingerprint density at radius 2 is 1.91 bits per heavy atom. The Hall–Kier alpha value is -2.84. The zero-order valence-corrected chi connectivity index (χ0v) is 20.5. The molecule has 0 radical (unpaired) electrons. The van der Waals surface area contributed by atoms with E-state index in [2.05, 4.69) is 41.2 Å². The molecule has 0 unspecified atom stereocenters. The van der Waals surface area contributed by atoms with E-state index in [9.17, 15) is 4.79 Å². The summed E-state index contributed by atoms with van der Waals surface area (Å²) in [5.41, 5.74) is 4.01. The average molecular weight is 476 g/mol. The maximum Gasteiger partial charge on any atom is 0.287 e. The Morgan fingerprint density at radius 3 is 2.71 bits per heavy atom. The quantitative estimate of drug-likeness (QED) is 0.424. The van der Waals surface area contributed by atoms with E-state index >= 15 is 0 Å². The fourth-order valence-electron chi connectivity index (χ4n) is 5.21. The molecule has 0 saturated carbocycles. The smallest absolute Gasteiger partial charge is 0.287 e. The van der Waals surface area contributed by atoms with Crippen LogP contribution in [0.1, 0.15) is 49.8 Å². The molecule has 3 aromatic heterocycles. The van der Waals surface area contributed by atoms with Crippen molar-refractivity contribution in [2.75, 3.05) is 18.0 Å². The number of anilines is 1. The summed E-state index contributed by atoms with van der Waals surface area (Å²) in [6.07, 6.45) is 4.89. The third kappa shape index (κ3) is 3.79. The number of hydrogen-bond acceptors (Lipinski definition) is 7. The zero-order chi connectivity index (χ0) is 23.3. The summed E-state index contributed by atoms with van der Waals surface area (Å²) in [4.78, 5) is 21.7. The summed E-state index contributed by atoms with van der Waals surface area (Å²) in [6.45, 7) is 7.38. The molecule has 0 aliphatic carbocycles. The number of aromatic nitrogens is 4. The van der Waals surface area contributed by atoms with Gasteiger partial charge in [0, 0.05) is 37.0 Å². The van der Waals surface area contributed by atoms with Crippen molar-refractivity contribution in [2.45, 2.75) is 64.7 Å². The highest BCUT2D eigenvalue weighted by molar-refractivity contribution is 7.25. The molecule has 0 atom stereocenters. The molecule has 1 fully saturated rings. The Kier molecular flexibility index (Phi) is 5.37. The van der Waals surface area contributed by atoms with Gasteiger partial charge in [0.1, 0.15) is 20.9 Å². The molecule has 1 aromatic carbocycles. The first kappa shape index (κ1) is 21.7. The molecule has 4 aromatic rings. The molecule has 34 heavy (non-hydrogen) atoms. The highest BCUT2D eigenvalue weighted by atomic mass is 32.1. The van der Waals surface area contributed by atoms with Crippen LogP contribution in [-0.2, 0) is 30.7 Å². The maximum absolute atomic E-state index is 13.4. The van der Waals surface area contributed by atoms with Crippen LogP contribution in [0.25, 0.3) is 20.4 Å². The van der Waals surface area contributed by atoms with Crippen LogP contribution >= 0.6 is 11.3 Å². The van der Waals surface area contributed by atoms with E-state index in [4.69, 9.17) is 9.72 Å². The fourth-order valence-corrected chi connectivity index (χ4v) is 6.29. The molecule has 2 aliphatic heterocycles. The van der Waals surface area contributed by atoms with Gasteiger partial charge in [0.15, 0.2) is 0 Å². The molecule has 5 heterocycles. The van der Waals surface area contributed by atoms with Gasteiger partial charge in [0.05, 0.1) is 12.2 Å². The zero-order valence-electron chi connectivity index (χ0n) is 19.7. The van der Waals surface area contributed by atoms with Gasteiger partial charge < -0.3 is 9.64 Å². The van der Waals surface area contributed by atoms with E-state index in [1.165, 1.54) is 40.0 Å². The van der Waals surface area contributed by atoms with Crippen LogP contribution in [0.2, 0.25) is 0 Å². The second-order valence-electron chi connectivity index (χ2n) is 9.98. The third-order valence-electron chi connectivity index (χ3n) is 6.98. The first-order chi connectivity index (χ1) is 16.5. The van der Waals surface area contributed by atoms with E-state index in [0.717, 1.165) is 53.9 Å². The molecule has 0 N–H and O–H groups in total. The van der Waals surface area contributed by atoms with Crippen molar-refractivity contribution in [2.24, 2.45) is 0 Å². The van der Waals surface area contributed by atoms with E-state index < -0.39 is 0 Å². The highest BCUT2D eigenvalue weighted by Gasteiger charge is 2.33. The fraction of sp³-hybridized carbons (Fsp3) is 0.462. The van der Waals surface area contributed by atoms with Crippen molar-refractivity contribution < 1.29 is 4.74 Å². The average Bonchev–Trinajstić information content (AvgIpc) is 3.48. The molecule has 2 aliphatic rings. The van der Waals surface area contributed by atoms with E-state index in [0.29, 0.717) is 23.4 Å². The summed E-state index contributed by atoms with van der Waals surface area (Å²) >= 11 is 1.46. The van der Waals surface area contributed by atoms with Crippen molar-refractivity contribution >= 4 is 37.6 Å². The molecule has 7 nitrogen and oxygen atoms in total. The standard InChI is InChI=1S/C26H29N5O2S/c1-26(2)15-18-19(16-33-26)23(30-12-6-7-13-30)27-24-20(18)21-22(34-24)25(32)31(29-28-21)14-8-11-17-9-4-3-5-10-17/h3-5,9-10H,6-8,11-16H2,1-2H3. The summed E-state index contributed by atoms with van der Waals surface area (Å²) in [5.74, 6) is 1.03. The number of hydrogen-bond donors (Lipinski definition) is 0. The van der Waals surface area contributed by atoms with Crippen molar-refractivity contribution in [3.63, 3.8) is 0 Å². The Morgan fingerprint density at radius 1 is 1.12 bits per heavy atom. The van der Waals surface area contributed by atoms with Crippen molar-refractivity contribution in [1.82, 2.24) is 20.0 Å². The Labute approximate surface area is 202 Å². The summed E-state index contributed by atoms with van der Waals surface area (Å²) in [6, 6.07) is 10.3.